The molecule has 2 atom stereocenters. The summed E-state index contributed by atoms with van der Waals surface area (Å²) in [6, 6.07) is 3.77. The molecule has 0 saturated carbocycles. The lowest BCUT2D eigenvalue weighted by molar-refractivity contribution is 0.405. The Morgan fingerprint density at radius 1 is 1.12 bits per heavy atom. The molecular formula is C14H21F2N. The maximum Gasteiger partial charge on any atom is 0.126 e. The second-order valence-electron chi connectivity index (χ2n) is 4.56. The molecule has 1 nitrogen and oxygen atoms in total. The van der Waals surface area contributed by atoms with Crippen LogP contribution in [0.2, 0.25) is 0 Å². The third-order valence-electron chi connectivity index (χ3n) is 3.07. The zero-order valence-corrected chi connectivity index (χ0v) is 10.8. The first kappa shape index (κ1) is 14.1. The molecular weight excluding hydrogens is 220 g/mol. The number of halogens is 2. The smallest absolute Gasteiger partial charge is 0.126 e. The second kappa shape index (κ2) is 6.70. The molecule has 0 bridgehead atoms. The fourth-order valence-electron chi connectivity index (χ4n) is 1.93. The Kier molecular flexibility index (Phi) is 5.56. The van der Waals surface area contributed by atoms with Crippen molar-refractivity contribution in [2.24, 2.45) is 5.92 Å². The van der Waals surface area contributed by atoms with Crippen LogP contribution >= 0.6 is 0 Å². The molecule has 1 aromatic rings. The highest BCUT2D eigenvalue weighted by molar-refractivity contribution is 5.21. The molecule has 96 valence electrons. The van der Waals surface area contributed by atoms with Gasteiger partial charge in [-0.3, -0.25) is 0 Å². The molecule has 3 heteroatoms. The van der Waals surface area contributed by atoms with Crippen LogP contribution in [0.25, 0.3) is 0 Å². The minimum absolute atomic E-state index is 0.0279. The average Bonchev–Trinajstić information content (AvgIpc) is 2.27. The van der Waals surface area contributed by atoms with Gasteiger partial charge in [0.25, 0.3) is 0 Å². The maximum atomic E-state index is 13.2. The second-order valence-corrected chi connectivity index (χ2v) is 4.56. The largest absolute Gasteiger partial charge is 0.310 e. The molecule has 0 heterocycles. The molecule has 1 N–H and O–H groups in total. The van der Waals surface area contributed by atoms with Crippen molar-refractivity contribution < 1.29 is 8.78 Å². The normalized spacial score (nSPS) is 14.6. The van der Waals surface area contributed by atoms with E-state index in [1.807, 2.05) is 6.92 Å². The van der Waals surface area contributed by atoms with Gasteiger partial charge in [-0.15, -0.1) is 0 Å². The van der Waals surface area contributed by atoms with Gasteiger partial charge < -0.3 is 5.32 Å². The summed E-state index contributed by atoms with van der Waals surface area (Å²) in [6.45, 7) is 7.07. The van der Waals surface area contributed by atoms with Gasteiger partial charge >= 0.3 is 0 Å². The molecule has 0 aliphatic heterocycles. The first-order valence-electron chi connectivity index (χ1n) is 6.26. The maximum absolute atomic E-state index is 13.2. The van der Waals surface area contributed by atoms with Crippen LogP contribution in [0.3, 0.4) is 0 Å². The lowest BCUT2D eigenvalue weighted by atomic mass is 9.94. The van der Waals surface area contributed by atoms with Crippen LogP contribution in [0, 0.1) is 17.6 Å². The van der Waals surface area contributed by atoms with Crippen LogP contribution in [-0.4, -0.2) is 6.54 Å². The van der Waals surface area contributed by atoms with Gasteiger partial charge in [0.15, 0.2) is 0 Å². The first-order chi connectivity index (χ1) is 8.06. The first-order valence-corrected chi connectivity index (χ1v) is 6.26. The number of hydrogen-bond donors (Lipinski definition) is 1. The monoisotopic (exact) mass is 241 g/mol. The summed E-state index contributed by atoms with van der Waals surface area (Å²) in [5.74, 6) is -0.482. The lowest BCUT2D eigenvalue weighted by Crippen LogP contribution is -2.23. The van der Waals surface area contributed by atoms with Crippen molar-refractivity contribution in [1.82, 2.24) is 5.32 Å². The molecule has 0 radical (unpaired) electrons. The van der Waals surface area contributed by atoms with E-state index in [0.29, 0.717) is 11.5 Å². The van der Waals surface area contributed by atoms with Crippen molar-refractivity contribution in [2.45, 2.75) is 39.7 Å². The van der Waals surface area contributed by atoms with Crippen molar-refractivity contribution in [2.75, 3.05) is 6.54 Å². The predicted molar refractivity (Wildman–Crippen MR) is 66.8 cm³/mol. The van der Waals surface area contributed by atoms with Crippen LogP contribution in [0.1, 0.15) is 45.2 Å². The van der Waals surface area contributed by atoms with Crippen molar-refractivity contribution in [3.8, 4) is 0 Å². The van der Waals surface area contributed by atoms with E-state index in [4.69, 9.17) is 0 Å². The number of rotatable bonds is 6. The zero-order valence-electron chi connectivity index (χ0n) is 10.8. The quantitative estimate of drug-likeness (QED) is 0.792. The number of hydrogen-bond acceptors (Lipinski definition) is 1. The van der Waals surface area contributed by atoms with Crippen molar-refractivity contribution >= 4 is 0 Å². The Morgan fingerprint density at radius 3 is 2.18 bits per heavy atom. The Hall–Kier alpha value is -0.960. The van der Waals surface area contributed by atoms with Crippen molar-refractivity contribution in [1.29, 1.82) is 0 Å². The van der Waals surface area contributed by atoms with Gasteiger partial charge in [0.2, 0.25) is 0 Å². The highest BCUT2D eigenvalue weighted by Crippen LogP contribution is 2.24. The third kappa shape index (κ3) is 4.43. The van der Waals surface area contributed by atoms with E-state index in [1.54, 1.807) is 0 Å². The fourth-order valence-corrected chi connectivity index (χ4v) is 1.93. The molecule has 0 spiro atoms. The van der Waals surface area contributed by atoms with E-state index in [9.17, 15) is 8.78 Å². The topological polar surface area (TPSA) is 12.0 Å². The molecule has 2 unspecified atom stereocenters. The van der Waals surface area contributed by atoms with E-state index in [-0.39, 0.29) is 6.04 Å². The van der Waals surface area contributed by atoms with Crippen LogP contribution in [0.15, 0.2) is 18.2 Å². The summed E-state index contributed by atoms with van der Waals surface area (Å²) in [7, 11) is 0. The summed E-state index contributed by atoms with van der Waals surface area (Å²) in [5, 5.41) is 3.29. The van der Waals surface area contributed by atoms with Crippen LogP contribution in [0.4, 0.5) is 8.78 Å². The zero-order chi connectivity index (χ0) is 12.8. The molecule has 0 saturated heterocycles. The molecule has 17 heavy (non-hydrogen) atoms. The van der Waals surface area contributed by atoms with Crippen molar-refractivity contribution in [3.63, 3.8) is 0 Å². The highest BCUT2D eigenvalue weighted by atomic mass is 19.1. The van der Waals surface area contributed by atoms with Gasteiger partial charge in [-0.1, -0.05) is 27.2 Å². The Labute approximate surface area is 102 Å². The average molecular weight is 241 g/mol. The van der Waals surface area contributed by atoms with Gasteiger partial charge in [-0.2, -0.15) is 0 Å². The van der Waals surface area contributed by atoms with Crippen LogP contribution < -0.4 is 5.32 Å². The number of nitrogens with one attached hydrogen (secondary N) is 1. The highest BCUT2D eigenvalue weighted by Gasteiger charge is 2.15. The molecule has 1 aromatic carbocycles. The van der Waals surface area contributed by atoms with E-state index in [2.05, 4.69) is 19.2 Å². The third-order valence-corrected chi connectivity index (χ3v) is 3.07. The fraction of sp³-hybridized carbons (Fsp3) is 0.571. The summed E-state index contributed by atoms with van der Waals surface area (Å²) in [6.07, 6.45) is 1.97. The minimum atomic E-state index is -0.507. The van der Waals surface area contributed by atoms with Crippen molar-refractivity contribution in [3.05, 3.63) is 35.4 Å². The molecule has 0 aliphatic carbocycles. The lowest BCUT2D eigenvalue weighted by Gasteiger charge is -2.21. The molecule has 0 aliphatic rings. The van der Waals surface area contributed by atoms with Gasteiger partial charge in [0.05, 0.1) is 0 Å². The van der Waals surface area contributed by atoms with Crippen LogP contribution in [-0.2, 0) is 0 Å². The van der Waals surface area contributed by atoms with Gasteiger partial charge in [-0.25, -0.2) is 8.78 Å². The summed E-state index contributed by atoms with van der Waals surface area (Å²) in [4.78, 5) is 0. The molecule has 1 rings (SSSR count). The standard InChI is InChI=1S/C14H21F2N/c1-4-10(3)6-14(17-5-2)11-7-12(15)9-13(16)8-11/h7-10,14,17H,4-6H2,1-3H3. The van der Waals surface area contributed by atoms with Crippen LogP contribution in [0.5, 0.6) is 0 Å². The molecule has 0 fully saturated rings. The van der Waals surface area contributed by atoms with E-state index in [0.717, 1.165) is 25.5 Å². The van der Waals surface area contributed by atoms with E-state index < -0.39 is 11.6 Å². The predicted octanol–water partition coefficient (Wildman–Crippen LogP) is 4.05. The van der Waals surface area contributed by atoms with Gasteiger partial charge in [0, 0.05) is 12.1 Å². The van der Waals surface area contributed by atoms with E-state index >= 15 is 0 Å². The Balaban J connectivity index is 2.88. The van der Waals surface area contributed by atoms with E-state index in [1.165, 1.54) is 12.1 Å². The number of benzene rings is 1. The summed E-state index contributed by atoms with van der Waals surface area (Å²) < 4.78 is 26.4. The Bertz CT molecular complexity index is 332. The van der Waals surface area contributed by atoms with Gasteiger partial charge in [0.1, 0.15) is 11.6 Å². The molecule has 0 amide bonds. The SMILES string of the molecule is CCNC(CC(C)CC)c1cc(F)cc(F)c1. The minimum Gasteiger partial charge on any atom is -0.310 e. The molecule has 0 aromatic heterocycles. The summed E-state index contributed by atoms with van der Waals surface area (Å²) >= 11 is 0. The Morgan fingerprint density at radius 2 is 1.71 bits per heavy atom. The van der Waals surface area contributed by atoms with Gasteiger partial charge in [-0.05, 0) is 36.6 Å². The summed E-state index contributed by atoms with van der Waals surface area (Å²) in [5.41, 5.74) is 0.699.